The Bertz CT molecular complexity index is 1110. The largest absolute Gasteiger partial charge is 0.480 e. The Balaban J connectivity index is 2.03. The van der Waals surface area contributed by atoms with Crippen LogP contribution in [0, 0.1) is 0 Å². The van der Waals surface area contributed by atoms with Gasteiger partial charge in [0.25, 0.3) is 5.56 Å². The lowest BCUT2D eigenvalue weighted by molar-refractivity contribution is -0.141. The first-order chi connectivity index (χ1) is 15.9. The van der Waals surface area contributed by atoms with Gasteiger partial charge in [0.1, 0.15) is 24.2 Å². The molecule has 0 aliphatic carbocycles. The summed E-state index contributed by atoms with van der Waals surface area (Å²) in [5, 5.41) is 9.84. The van der Waals surface area contributed by atoms with E-state index in [0.29, 0.717) is 18.7 Å². The zero-order valence-corrected chi connectivity index (χ0v) is 18.4. The molecule has 1 atom stereocenters. The van der Waals surface area contributed by atoms with Crippen LogP contribution in [0.4, 0.5) is 10.5 Å². The minimum Gasteiger partial charge on any atom is -0.480 e. The van der Waals surface area contributed by atoms with Crippen LogP contribution < -0.4 is 10.5 Å². The Hall–Kier alpha value is -3.94. The predicted octanol–water partition coefficient (Wildman–Crippen LogP) is 3.99. The number of carboxylic acid groups (broad SMARTS) is 1. The van der Waals surface area contributed by atoms with E-state index in [4.69, 9.17) is 4.74 Å². The number of aliphatic carboxylic acids is 1. The third kappa shape index (κ3) is 4.64. The molecule has 0 fully saturated rings. The minimum absolute atomic E-state index is 0.00785. The third-order valence-corrected chi connectivity index (χ3v) is 5.73. The number of fused-ring (bicyclic) bond motifs is 1. The zero-order valence-electron chi connectivity index (χ0n) is 18.4. The highest BCUT2D eigenvalue weighted by molar-refractivity contribution is 5.87. The molecule has 0 radical (unpaired) electrons. The number of rotatable bonds is 10. The monoisotopic (exact) mass is 449 g/mol. The zero-order chi connectivity index (χ0) is 24.0. The SMILES string of the molecule is C=CCN(C(=O)OCc1ccccc1)c1cnc2n(c1=O)C(C(=O)O)CC2(CC=C)CC=C. The van der Waals surface area contributed by atoms with Gasteiger partial charge in [-0.2, -0.15) is 0 Å². The average Bonchev–Trinajstić information content (AvgIpc) is 3.13. The summed E-state index contributed by atoms with van der Waals surface area (Å²) in [6.07, 6.45) is 6.40. The first kappa shape index (κ1) is 23.7. The fourth-order valence-electron chi connectivity index (χ4n) is 4.26. The van der Waals surface area contributed by atoms with Crippen molar-refractivity contribution in [1.82, 2.24) is 9.55 Å². The number of hydrogen-bond acceptors (Lipinski definition) is 5. The summed E-state index contributed by atoms with van der Waals surface area (Å²) in [4.78, 5) is 44.0. The molecule has 8 heteroatoms. The van der Waals surface area contributed by atoms with Gasteiger partial charge in [0.15, 0.2) is 0 Å². The lowest BCUT2D eigenvalue weighted by atomic mass is 9.78. The van der Waals surface area contributed by atoms with E-state index in [1.807, 2.05) is 30.3 Å². The van der Waals surface area contributed by atoms with Crippen molar-refractivity contribution in [2.24, 2.45) is 0 Å². The third-order valence-electron chi connectivity index (χ3n) is 5.73. The molecule has 3 rings (SSSR count). The van der Waals surface area contributed by atoms with Gasteiger partial charge in [-0.15, -0.1) is 19.7 Å². The summed E-state index contributed by atoms with van der Waals surface area (Å²) in [6, 6.07) is 8.01. The van der Waals surface area contributed by atoms with Gasteiger partial charge in [0.2, 0.25) is 0 Å². The van der Waals surface area contributed by atoms with Crippen LogP contribution in [-0.2, 0) is 21.6 Å². The van der Waals surface area contributed by atoms with Crippen molar-refractivity contribution >= 4 is 17.7 Å². The minimum atomic E-state index is -1.14. The summed E-state index contributed by atoms with van der Waals surface area (Å²) in [7, 11) is 0. The summed E-state index contributed by atoms with van der Waals surface area (Å²) < 4.78 is 6.56. The Kier molecular flexibility index (Phi) is 7.27. The van der Waals surface area contributed by atoms with Gasteiger partial charge >= 0.3 is 12.1 Å². The van der Waals surface area contributed by atoms with Crippen molar-refractivity contribution in [2.75, 3.05) is 11.4 Å². The molecule has 2 heterocycles. The molecule has 1 aromatic carbocycles. The number of anilines is 1. The number of nitrogens with zero attached hydrogens (tertiary/aromatic N) is 3. The number of hydrogen-bond donors (Lipinski definition) is 1. The van der Waals surface area contributed by atoms with Crippen molar-refractivity contribution in [2.45, 2.75) is 37.3 Å². The number of carbonyl (C=O) groups is 2. The molecule has 1 unspecified atom stereocenters. The first-order valence-corrected chi connectivity index (χ1v) is 10.5. The number of allylic oxidation sites excluding steroid dienone is 2. The Morgan fingerprint density at radius 2 is 1.85 bits per heavy atom. The molecule has 0 bridgehead atoms. The molecular weight excluding hydrogens is 422 g/mol. The molecule has 0 saturated carbocycles. The van der Waals surface area contributed by atoms with Gasteiger partial charge in [-0.05, 0) is 24.8 Å². The molecule has 1 amide bonds. The van der Waals surface area contributed by atoms with Gasteiger partial charge in [-0.25, -0.2) is 14.6 Å². The number of carbonyl (C=O) groups excluding carboxylic acids is 1. The van der Waals surface area contributed by atoms with Crippen LogP contribution in [-0.4, -0.2) is 33.3 Å². The molecular formula is C25H27N3O5. The van der Waals surface area contributed by atoms with E-state index in [0.717, 1.165) is 10.5 Å². The second-order valence-electron chi connectivity index (χ2n) is 7.91. The van der Waals surface area contributed by atoms with E-state index in [-0.39, 0.29) is 25.3 Å². The van der Waals surface area contributed by atoms with Crippen molar-refractivity contribution in [1.29, 1.82) is 0 Å². The van der Waals surface area contributed by atoms with Crippen LogP contribution in [0.1, 0.15) is 36.7 Å². The van der Waals surface area contributed by atoms with E-state index in [1.165, 1.54) is 16.8 Å². The van der Waals surface area contributed by atoms with Crippen molar-refractivity contribution in [3.05, 3.63) is 96.2 Å². The van der Waals surface area contributed by atoms with Crippen LogP contribution >= 0.6 is 0 Å². The Labute approximate surface area is 192 Å². The highest BCUT2D eigenvalue weighted by Gasteiger charge is 2.47. The van der Waals surface area contributed by atoms with Crippen LogP contribution in [0.15, 0.2) is 79.3 Å². The van der Waals surface area contributed by atoms with Crippen molar-refractivity contribution in [3.63, 3.8) is 0 Å². The average molecular weight is 450 g/mol. The van der Waals surface area contributed by atoms with E-state index >= 15 is 0 Å². The fourth-order valence-corrected chi connectivity index (χ4v) is 4.26. The Morgan fingerprint density at radius 3 is 2.42 bits per heavy atom. The maximum atomic E-state index is 13.5. The molecule has 1 aliphatic heterocycles. The summed E-state index contributed by atoms with van der Waals surface area (Å²) in [5.41, 5.74) is -0.615. The van der Waals surface area contributed by atoms with E-state index in [9.17, 15) is 19.5 Å². The standard InChI is InChI=1S/C25H27N3O5/c1-4-12-25(13-5-2)15-19(22(30)31)28-21(29)20(16-26-23(25)28)27(14-6-3)24(32)33-17-18-10-8-7-9-11-18/h4-11,16,19H,1-3,12-15,17H2,(H,30,31). The fraction of sp³-hybridized carbons (Fsp3) is 0.280. The highest BCUT2D eigenvalue weighted by atomic mass is 16.6. The van der Waals surface area contributed by atoms with Crippen LogP contribution in [0.3, 0.4) is 0 Å². The maximum absolute atomic E-state index is 13.5. The van der Waals surface area contributed by atoms with E-state index in [2.05, 4.69) is 24.7 Å². The van der Waals surface area contributed by atoms with E-state index < -0.39 is 29.1 Å². The molecule has 33 heavy (non-hydrogen) atoms. The maximum Gasteiger partial charge on any atom is 0.415 e. The molecule has 172 valence electrons. The summed E-state index contributed by atoms with van der Waals surface area (Å²) in [6.45, 7) is 11.2. The molecule has 0 saturated heterocycles. The van der Waals surface area contributed by atoms with Gasteiger partial charge in [0.05, 0.1) is 6.20 Å². The lowest BCUT2D eigenvalue weighted by Crippen LogP contribution is -2.39. The van der Waals surface area contributed by atoms with Gasteiger partial charge < -0.3 is 9.84 Å². The number of benzene rings is 1. The topological polar surface area (TPSA) is 102 Å². The van der Waals surface area contributed by atoms with Crippen LogP contribution in [0.5, 0.6) is 0 Å². The molecule has 8 nitrogen and oxygen atoms in total. The lowest BCUT2D eigenvalue weighted by Gasteiger charge is -2.26. The highest BCUT2D eigenvalue weighted by Crippen LogP contribution is 2.45. The molecule has 1 aliphatic rings. The van der Waals surface area contributed by atoms with Crippen LogP contribution in [0.25, 0.3) is 0 Å². The summed E-state index contributed by atoms with van der Waals surface area (Å²) in [5.74, 6) is -0.797. The molecule has 1 N–H and O–H groups in total. The Morgan fingerprint density at radius 1 is 1.18 bits per heavy atom. The smallest absolute Gasteiger partial charge is 0.415 e. The van der Waals surface area contributed by atoms with Gasteiger partial charge in [0, 0.05) is 12.0 Å². The van der Waals surface area contributed by atoms with Gasteiger partial charge in [-0.1, -0.05) is 48.6 Å². The number of aromatic nitrogens is 2. The quantitative estimate of drug-likeness (QED) is 0.550. The first-order valence-electron chi connectivity index (χ1n) is 10.5. The predicted molar refractivity (Wildman–Crippen MR) is 125 cm³/mol. The van der Waals surface area contributed by atoms with Crippen molar-refractivity contribution in [3.8, 4) is 0 Å². The van der Waals surface area contributed by atoms with Gasteiger partial charge in [-0.3, -0.25) is 14.3 Å². The van der Waals surface area contributed by atoms with E-state index in [1.54, 1.807) is 12.2 Å². The molecule has 0 spiro atoms. The van der Waals surface area contributed by atoms with Crippen LogP contribution in [0.2, 0.25) is 0 Å². The normalized spacial score (nSPS) is 15.8. The van der Waals surface area contributed by atoms with Crippen molar-refractivity contribution < 1.29 is 19.4 Å². The second kappa shape index (κ2) is 10.1. The molecule has 2 aromatic rings. The molecule has 1 aromatic heterocycles. The summed E-state index contributed by atoms with van der Waals surface area (Å²) >= 11 is 0. The number of carboxylic acids is 1. The number of amides is 1. The number of ether oxygens (including phenoxy) is 1. The second-order valence-corrected chi connectivity index (χ2v) is 7.91.